The lowest BCUT2D eigenvalue weighted by molar-refractivity contribution is 0.102. The van der Waals surface area contributed by atoms with Gasteiger partial charge in [-0.05, 0) is 55.3 Å². The molecule has 1 amide bonds. The maximum absolute atomic E-state index is 12.8. The van der Waals surface area contributed by atoms with E-state index >= 15 is 0 Å². The van der Waals surface area contributed by atoms with Gasteiger partial charge in [0.25, 0.3) is 5.91 Å². The fourth-order valence-electron chi connectivity index (χ4n) is 3.52. The van der Waals surface area contributed by atoms with Crippen molar-refractivity contribution in [1.29, 1.82) is 0 Å². The van der Waals surface area contributed by atoms with Gasteiger partial charge in [0.2, 0.25) is 0 Å². The largest absolute Gasteiger partial charge is 0.497 e. The van der Waals surface area contributed by atoms with E-state index in [1.54, 1.807) is 30.1 Å². The second-order valence-corrected chi connectivity index (χ2v) is 9.50. The van der Waals surface area contributed by atoms with E-state index < -0.39 is 15.7 Å². The molecule has 3 heterocycles. The zero-order chi connectivity index (χ0) is 21.3. The number of nitrogens with zero attached hydrogens (tertiary/aromatic N) is 3. The van der Waals surface area contributed by atoms with Crippen molar-refractivity contribution in [2.24, 2.45) is 0 Å². The predicted octanol–water partition coefficient (Wildman–Crippen LogP) is 2.87. The molecule has 2 aromatic heterocycles. The van der Waals surface area contributed by atoms with Crippen LogP contribution in [0.15, 0.2) is 48.7 Å². The van der Waals surface area contributed by atoms with Crippen LogP contribution in [0.5, 0.6) is 5.75 Å². The number of aromatic nitrogens is 3. The zero-order valence-corrected chi connectivity index (χ0v) is 17.5. The van der Waals surface area contributed by atoms with Crippen LogP contribution < -0.4 is 10.1 Å². The van der Waals surface area contributed by atoms with Crippen molar-refractivity contribution < 1.29 is 17.9 Å². The molecule has 1 fully saturated rings. The third-order valence-corrected chi connectivity index (χ3v) is 6.90. The molecule has 1 N–H and O–H groups in total. The highest BCUT2D eigenvalue weighted by Crippen LogP contribution is 2.31. The summed E-state index contributed by atoms with van der Waals surface area (Å²) < 4.78 is 30.9. The van der Waals surface area contributed by atoms with Crippen molar-refractivity contribution in [3.05, 3.63) is 59.9 Å². The number of carbonyl (C=O) groups is 1. The number of anilines is 1. The van der Waals surface area contributed by atoms with E-state index in [1.807, 2.05) is 37.3 Å². The number of amides is 1. The Labute approximate surface area is 174 Å². The third kappa shape index (κ3) is 4.06. The van der Waals surface area contributed by atoms with E-state index in [4.69, 9.17) is 4.74 Å². The first kappa shape index (κ1) is 20.1. The van der Waals surface area contributed by atoms with Gasteiger partial charge in [-0.25, -0.2) is 13.4 Å². The first-order valence-electron chi connectivity index (χ1n) is 9.53. The quantitative estimate of drug-likeness (QED) is 0.673. The number of benzene rings is 1. The maximum Gasteiger partial charge on any atom is 0.277 e. The van der Waals surface area contributed by atoms with Gasteiger partial charge < -0.3 is 10.1 Å². The number of sulfone groups is 1. The van der Waals surface area contributed by atoms with Gasteiger partial charge in [0.15, 0.2) is 15.5 Å². The van der Waals surface area contributed by atoms with E-state index in [2.05, 4.69) is 15.4 Å². The highest BCUT2D eigenvalue weighted by Gasteiger charge is 2.32. The van der Waals surface area contributed by atoms with Gasteiger partial charge in [0.05, 0.1) is 30.4 Å². The molecule has 0 radical (unpaired) electrons. The summed E-state index contributed by atoms with van der Waals surface area (Å²) in [4.78, 5) is 17.0. The number of pyridine rings is 1. The smallest absolute Gasteiger partial charge is 0.277 e. The van der Waals surface area contributed by atoms with Crippen molar-refractivity contribution in [2.75, 3.05) is 23.9 Å². The second-order valence-electron chi connectivity index (χ2n) is 7.27. The highest BCUT2D eigenvalue weighted by molar-refractivity contribution is 7.91. The summed E-state index contributed by atoms with van der Waals surface area (Å²) in [6.07, 6.45) is 2.07. The van der Waals surface area contributed by atoms with Crippen molar-refractivity contribution in [3.63, 3.8) is 0 Å². The number of ether oxygens (including phenoxy) is 1. The minimum Gasteiger partial charge on any atom is -0.497 e. The summed E-state index contributed by atoms with van der Waals surface area (Å²) in [5.74, 6) is 0.904. The molecular weight excluding hydrogens is 404 g/mol. The molecule has 0 aliphatic carbocycles. The molecule has 0 bridgehead atoms. The van der Waals surface area contributed by atoms with Gasteiger partial charge in [0.1, 0.15) is 11.6 Å². The Hall–Kier alpha value is -3.20. The standard InChI is InChI=1S/C21H22N4O4S/c1-14-4-3-10-22-20(14)23-21(26)18-12-19(15-5-7-17(29-2)8-6-15)25(24-18)16-9-11-30(27,28)13-16/h3-8,10,12,16H,9,11,13H2,1-2H3,(H,22,23,26). The monoisotopic (exact) mass is 426 g/mol. The van der Waals surface area contributed by atoms with E-state index in [-0.39, 0.29) is 23.2 Å². The van der Waals surface area contributed by atoms with Crippen molar-refractivity contribution in [1.82, 2.24) is 14.8 Å². The van der Waals surface area contributed by atoms with Gasteiger partial charge in [-0.3, -0.25) is 9.48 Å². The molecule has 1 aliphatic rings. The average molecular weight is 426 g/mol. The predicted molar refractivity (Wildman–Crippen MR) is 113 cm³/mol. The maximum atomic E-state index is 12.8. The molecule has 30 heavy (non-hydrogen) atoms. The molecule has 0 saturated carbocycles. The Bertz CT molecular complexity index is 1190. The molecule has 1 aliphatic heterocycles. The SMILES string of the molecule is COc1ccc(-c2cc(C(=O)Nc3ncccc3C)nn2C2CCS(=O)(=O)C2)cc1. The van der Waals surface area contributed by atoms with Gasteiger partial charge >= 0.3 is 0 Å². The number of aryl methyl sites for hydroxylation is 1. The summed E-state index contributed by atoms with van der Waals surface area (Å²) in [7, 11) is -1.52. The number of hydrogen-bond acceptors (Lipinski definition) is 6. The summed E-state index contributed by atoms with van der Waals surface area (Å²) >= 11 is 0. The van der Waals surface area contributed by atoms with Crippen molar-refractivity contribution >= 4 is 21.6 Å². The summed E-state index contributed by atoms with van der Waals surface area (Å²) in [5, 5.41) is 7.26. The molecule has 9 heteroatoms. The van der Waals surface area contributed by atoms with Crippen LogP contribution in [0.4, 0.5) is 5.82 Å². The van der Waals surface area contributed by atoms with Crippen LogP contribution in [0.3, 0.4) is 0 Å². The Morgan fingerprint density at radius 3 is 2.63 bits per heavy atom. The minimum atomic E-state index is -3.11. The molecule has 1 unspecified atom stereocenters. The molecule has 1 aromatic carbocycles. The number of rotatable bonds is 5. The van der Waals surface area contributed by atoms with E-state index in [1.165, 1.54) is 0 Å². The fourth-order valence-corrected chi connectivity index (χ4v) is 5.21. The zero-order valence-electron chi connectivity index (χ0n) is 16.7. The Morgan fingerprint density at radius 2 is 2.00 bits per heavy atom. The van der Waals surface area contributed by atoms with E-state index in [0.29, 0.717) is 23.7 Å². The van der Waals surface area contributed by atoms with Gasteiger partial charge in [-0.2, -0.15) is 5.10 Å². The average Bonchev–Trinajstić information content (AvgIpc) is 3.33. The van der Waals surface area contributed by atoms with Crippen LogP contribution in [0, 0.1) is 6.92 Å². The van der Waals surface area contributed by atoms with Crippen LogP contribution >= 0.6 is 0 Å². The summed E-state index contributed by atoms with van der Waals surface area (Å²) in [6.45, 7) is 1.85. The van der Waals surface area contributed by atoms with E-state index in [9.17, 15) is 13.2 Å². The first-order chi connectivity index (χ1) is 14.4. The topological polar surface area (TPSA) is 103 Å². The lowest BCUT2D eigenvalue weighted by atomic mass is 10.1. The lowest BCUT2D eigenvalue weighted by Crippen LogP contribution is -2.17. The fraction of sp³-hybridized carbons (Fsp3) is 0.286. The summed E-state index contributed by atoms with van der Waals surface area (Å²) in [5.41, 5.74) is 2.54. The van der Waals surface area contributed by atoms with Crippen LogP contribution in [-0.4, -0.2) is 47.7 Å². The molecule has 0 spiro atoms. The minimum absolute atomic E-state index is 0.0121. The van der Waals surface area contributed by atoms with Crippen molar-refractivity contribution in [2.45, 2.75) is 19.4 Å². The van der Waals surface area contributed by atoms with Crippen LogP contribution in [0.1, 0.15) is 28.5 Å². The summed E-state index contributed by atoms with van der Waals surface area (Å²) in [6, 6.07) is 12.4. The molecule has 156 valence electrons. The van der Waals surface area contributed by atoms with Gasteiger partial charge in [-0.15, -0.1) is 0 Å². The molecule has 3 aromatic rings. The molecule has 4 rings (SSSR count). The van der Waals surface area contributed by atoms with Crippen LogP contribution in [0.2, 0.25) is 0 Å². The Morgan fingerprint density at radius 1 is 1.23 bits per heavy atom. The number of methoxy groups -OCH3 is 1. The first-order valence-corrected chi connectivity index (χ1v) is 11.4. The Kier molecular flexibility index (Phi) is 5.29. The van der Waals surface area contributed by atoms with Crippen LogP contribution in [-0.2, 0) is 9.84 Å². The van der Waals surface area contributed by atoms with Gasteiger partial charge in [0, 0.05) is 11.8 Å². The number of hydrogen-bond donors (Lipinski definition) is 1. The van der Waals surface area contributed by atoms with Crippen LogP contribution in [0.25, 0.3) is 11.3 Å². The molecular formula is C21H22N4O4S. The molecule has 1 saturated heterocycles. The number of nitrogens with one attached hydrogen (secondary N) is 1. The molecule has 8 nitrogen and oxygen atoms in total. The lowest BCUT2D eigenvalue weighted by Gasteiger charge is -2.13. The van der Waals surface area contributed by atoms with Crippen molar-refractivity contribution in [3.8, 4) is 17.0 Å². The number of carbonyl (C=O) groups excluding carboxylic acids is 1. The normalized spacial score (nSPS) is 17.6. The third-order valence-electron chi connectivity index (χ3n) is 5.15. The second kappa shape index (κ2) is 7.91. The molecule has 1 atom stereocenters. The highest BCUT2D eigenvalue weighted by atomic mass is 32.2. The Balaban J connectivity index is 1.71. The van der Waals surface area contributed by atoms with Gasteiger partial charge in [-0.1, -0.05) is 6.07 Å². The van der Waals surface area contributed by atoms with E-state index in [0.717, 1.165) is 11.1 Å².